The van der Waals surface area contributed by atoms with Gasteiger partial charge in [0, 0.05) is 0 Å². The summed E-state index contributed by atoms with van der Waals surface area (Å²) in [4.78, 5) is 0. The number of aliphatic hydroxyl groups excluding tert-OH is 1. The molecule has 0 aromatic heterocycles. The van der Waals surface area contributed by atoms with E-state index in [0.29, 0.717) is 0 Å². The summed E-state index contributed by atoms with van der Waals surface area (Å²) in [6.45, 7) is 8.88. The molecule has 0 radical (unpaired) electrons. The van der Waals surface area contributed by atoms with E-state index in [0.717, 1.165) is 0 Å². The van der Waals surface area contributed by atoms with E-state index in [4.69, 9.17) is 0 Å². The van der Waals surface area contributed by atoms with Crippen molar-refractivity contribution in [2.24, 2.45) is 5.41 Å². The van der Waals surface area contributed by atoms with Crippen LogP contribution < -0.4 is 0 Å². The summed E-state index contributed by atoms with van der Waals surface area (Å²) in [7, 11) is 0. The van der Waals surface area contributed by atoms with Gasteiger partial charge in [-0.25, -0.2) is 0 Å². The Bertz CT molecular complexity index is 195. The maximum absolute atomic E-state index is 9.46. The first-order chi connectivity index (χ1) is 5.13. The van der Waals surface area contributed by atoms with Crippen LogP contribution in [0.1, 0.15) is 34.6 Å². The lowest BCUT2D eigenvalue weighted by molar-refractivity contribution is 0.110. The predicted molar refractivity (Wildman–Crippen MR) is 49.5 cm³/mol. The van der Waals surface area contributed by atoms with E-state index in [9.17, 15) is 10.2 Å². The largest absolute Gasteiger partial charge is 0.380 e. The molecule has 0 amide bonds. The van der Waals surface area contributed by atoms with Gasteiger partial charge in [-0.3, -0.25) is 0 Å². The summed E-state index contributed by atoms with van der Waals surface area (Å²) in [5.41, 5.74) is -1.27. The van der Waals surface area contributed by atoms with Crippen LogP contribution >= 0.6 is 0 Å². The average Bonchev–Trinajstić information content (AvgIpc) is 1.78. The predicted octanol–water partition coefficient (Wildman–Crippen LogP) is 1.17. The van der Waals surface area contributed by atoms with Crippen molar-refractivity contribution in [3.8, 4) is 11.8 Å². The molecule has 0 aromatic rings. The molecule has 0 saturated carbocycles. The highest BCUT2D eigenvalue weighted by Crippen LogP contribution is 2.18. The number of aliphatic hydroxyl groups is 2. The normalized spacial score (nSPS) is 14.9. The Labute approximate surface area is 74.6 Å². The van der Waals surface area contributed by atoms with Crippen molar-refractivity contribution in [2.45, 2.75) is 46.3 Å². The highest BCUT2D eigenvalue weighted by molar-refractivity contribution is 5.15. The first-order valence-corrected chi connectivity index (χ1v) is 4.06. The second-order valence-electron chi connectivity index (χ2n) is 4.60. The molecule has 2 heteroatoms. The maximum atomic E-state index is 9.46. The number of hydrogen-bond donors (Lipinski definition) is 2. The molecule has 0 saturated heterocycles. The number of rotatable bonds is 0. The van der Waals surface area contributed by atoms with Crippen molar-refractivity contribution in [1.82, 2.24) is 0 Å². The molecule has 0 rings (SSSR count). The van der Waals surface area contributed by atoms with Gasteiger partial charge in [-0.15, -0.1) is 0 Å². The van der Waals surface area contributed by atoms with Crippen LogP contribution in [0.15, 0.2) is 0 Å². The first kappa shape index (κ1) is 11.5. The Balaban J connectivity index is 4.34. The summed E-state index contributed by atoms with van der Waals surface area (Å²) in [6.07, 6.45) is -0.691. The second kappa shape index (κ2) is 3.47. The molecule has 0 fully saturated rings. The van der Waals surface area contributed by atoms with Crippen molar-refractivity contribution >= 4 is 0 Å². The molecule has 2 nitrogen and oxygen atoms in total. The molecule has 2 N–H and O–H groups in total. The molecule has 0 heterocycles. The molecule has 0 bridgehead atoms. The van der Waals surface area contributed by atoms with E-state index in [1.54, 1.807) is 13.8 Å². The van der Waals surface area contributed by atoms with Gasteiger partial charge < -0.3 is 10.2 Å². The van der Waals surface area contributed by atoms with Gasteiger partial charge >= 0.3 is 0 Å². The third-order valence-electron chi connectivity index (χ3n) is 1.34. The SMILES string of the molecule is CC(C)(O)C#C[C@@H](O)C(C)(C)C. The Morgan fingerprint density at radius 2 is 1.50 bits per heavy atom. The Kier molecular flexibility index (Phi) is 3.32. The van der Waals surface area contributed by atoms with E-state index in [2.05, 4.69) is 11.8 Å². The van der Waals surface area contributed by atoms with Crippen LogP contribution in [0.2, 0.25) is 0 Å². The fourth-order valence-electron chi connectivity index (χ4n) is 0.461. The topological polar surface area (TPSA) is 40.5 Å². The fraction of sp³-hybridized carbons (Fsp3) is 0.800. The smallest absolute Gasteiger partial charge is 0.120 e. The van der Waals surface area contributed by atoms with Crippen molar-refractivity contribution < 1.29 is 10.2 Å². The van der Waals surface area contributed by atoms with Gasteiger partial charge in [0.1, 0.15) is 11.7 Å². The summed E-state index contributed by atoms with van der Waals surface area (Å²) < 4.78 is 0. The molecule has 0 aliphatic heterocycles. The minimum Gasteiger partial charge on any atom is -0.380 e. The lowest BCUT2D eigenvalue weighted by atomic mass is 9.89. The highest BCUT2D eigenvalue weighted by atomic mass is 16.3. The molecule has 12 heavy (non-hydrogen) atoms. The summed E-state index contributed by atoms with van der Waals surface area (Å²) in [5.74, 6) is 5.20. The monoisotopic (exact) mass is 170 g/mol. The molecule has 0 spiro atoms. The van der Waals surface area contributed by atoms with E-state index in [1.165, 1.54) is 0 Å². The van der Waals surface area contributed by atoms with Crippen molar-refractivity contribution in [3.05, 3.63) is 0 Å². The second-order valence-corrected chi connectivity index (χ2v) is 4.60. The van der Waals surface area contributed by atoms with Gasteiger partial charge in [0.15, 0.2) is 0 Å². The number of hydrogen-bond acceptors (Lipinski definition) is 2. The quantitative estimate of drug-likeness (QED) is 0.536. The Morgan fingerprint density at radius 3 is 1.75 bits per heavy atom. The fourth-order valence-corrected chi connectivity index (χ4v) is 0.461. The van der Waals surface area contributed by atoms with Crippen LogP contribution in [-0.4, -0.2) is 21.9 Å². The van der Waals surface area contributed by atoms with E-state index >= 15 is 0 Å². The summed E-state index contributed by atoms with van der Waals surface area (Å²) >= 11 is 0. The van der Waals surface area contributed by atoms with Crippen LogP contribution in [-0.2, 0) is 0 Å². The Morgan fingerprint density at radius 1 is 1.08 bits per heavy atom. The molecular formula is C10H18O2. The van der Waals surface area contributed by atoms with Gasteiger partial charge in [0.2, 0.25) is 0 Å². The molecular weight excluding hydrogens is 152 g/mol. The maximum Gasteiger partial charge on any atom is 0.120 e. The van der Waals surface area contributed by atoms with Crippen LogP contribution in [0.25, 0.3) is 0 Å². The molecule has 0 aliphatic rings. The van der Waals surface area contributed by atoms with Crippen LogP contribution in [0, 0.1) is 17.3 Å². The zero-order chi connectivity index (χ0) is 9.99. The molecule has 0 aromatic carbocycles. The van der Waals surface area contributed by atoms with Gasteiger partial charge in [-0.2, -0.15) is 0 Å². The van der Waals surface area contributed by atoms with Crippen LogP contribution in [0.4, 0.5) is 0 Å². The van der Waals surface area contributed by atoms with Crippen molar-refractivity contribution in [2.75, 3.05) is 0 Å². The van der Waals surface area contributed by atoms with Crippen molar-refractivity contribution in [3.63, 3.8) is 0 Å². The van der Waals surface area contributed by atoms with E-state index < -0.39 is 11.7 Å². The first-order valence-electron chi connectivity index (χ1n) is 4.06. The van der Waals surface area contributed by atoms with E-state index in [1.807, 2.05) is 20.8 Å². The minimum atomic E-state index is -1.02. The third-order valence-corrected chi connectivity index (χ3v) is 1.34. The van der Waals surface area contributed by atoms with Crippen molar-refractivity contribution in [1.29, 1.82) is 0 Å². The lowest BCUT2D eigenvalue weighted by Gasteiger charge is -2.21. The molecule has 0 aliphatic carbocycles. The summed E-state index contributed by atoms with van der Waals surface area (Å²) in [5, 5.41) is 18.7. The molecule has 70 valence electrons. The Hall–Kier alpha value is -0.520. The van der Waals surface area contributed by atoms with Gasteiger partial charge in [0.25, 0.3) is 0 Å². The average molecular weight is 170 g/mol. The van der Waals surface area contributed by atoms with Crippen LogP contribution in [0.3, 0.4) is 0 Å². The standard InChI is InChI=1S/C10H18O2/c1-9(2,3)8(11)6-7-10(4,5)12/h8,11-12H,1-5H3/t8-/m1/s1. The molecule has 0 unspecified atom stereocenters. The minimum absolute atomic E-state index is 0.252. The zero-order valence-corrected chi connectivity index (χ0v) is 8.47. The van der Waals surface area contributed by atoms with Gasteiger partial charge in [-0.1, -0.05) is 32.6 Å². The lowest BCUT2D eigenvalue weighted by Crippen LogP contribution is -2.25. The zero-order valence-electron chi connectivity index (χ0n) is 8.47. The van der Waals surface area contributed by atoms with Gasteiger partial charge in [-0.05, 0) is 19.3 Å². The molecule has 1 atom stereocenters. The summed E-state index contributed by atoms with van der Waals surface area (Å²) in [6, 6.07) is 0. The van der Waals surface area contributed by atoms with Crippen LogP contribution in [0.5, 0.6) is 0 Å². The van der Waals surface area contributed by atoms with E-state index in [-0.39, 0.29) is 5.41 Å². The third kappa shape index (κ3) is 5.17. The van der Waals surface area contributed by atoms with Gasteiger partial charge in [0.05, 0.1) is 0 Å². The highest BCUT2D eigenvalue weighted by Gasteiger charge is 2.20.